The summed E-state index contributed by atoms with van der Waals surface area (Å²) in [6.45, 7) is 2.41. The van der Waals surface area contributed by atoms with Crippen molar-refractivity contribution in [3.8, 4) is 0 Å². The summed E-state index contributed by atoms with van der Waals surface area (Å²) in [6, 6.07) is 1.39. The number of sulfonamides is 1. The Morgan fingerprint density at radius 2 is 2.30 bits per heavy atom. The lowest BCUT2D eigenvalue weighted by Gasteiger charge is -2.18. The molecule has 1 aromatic rings. The van der Waals surface area contributed by atoms with Gasteiger partial charge in [0.2, 0.25) is 10.0 Å². The smallest absolute Gasteiger partial charge is 0.244 e. The van der Waals surface area contributed by atoms with E-state index in [-0.39, 0.29) is 15.8 Å². The molecule has 1 aliphatic heterocycles. The first kappa shape index (κ1) is 15.5. The van der Waals surface area contributed by atoms with Gasteiger partial charge in [-0.25, -0.2) is 13.4 Å². The van der Waals surface area contributed by atoms with Crippen LogP contribution >= 0.6 is 11.6 Å². The lowest BCUT2D eigenvalue weighted by atomic mass is 10.0. The molecule has 2 N–H and O–H groups in total. The van der Waals surface area contributed by atoms with Crippen LogP contribution in [-0.4, -0.2) is 49.1 Å². The summed E-state index contributed by atoms with van der Waals surface area (Å²) in [4.78, 5) is 4.07. The fourth-order valence-corrected chi connectivity index (χ4v) is 4.07. The number of nitrogens with one attached hydrogen (secondary N) is 1. The average Bonchev–Trinajstić information content (AvgIpc) is 2.89. The SMILES string of the molecule is CNc1ncc(S(=O)(=O)N2CCC(C(C)O)C2)cc1Cl. The van der Waals surface area contributed by atoms with Crippen LogP contribution in [0, 0.1) is 5.92 Å². The summed E-state index contributed by atoms with van der Waals surface area (Å²) in [6.07, 6.45) is 1.44. The Hall–Kier alpha value is -0.890. The summed E-state index contributed by atoms with van der Waals surface area (Å²) in [5.41, 5.74) is 0. The molecular weight excluding hydrogens is 302 g/mol. The van der Waals surface area contributed by atoms with E-state index >= 15 is 0 Å². The van der Waals surface area contributed by atoms with E-state index in [1.165, 1.54) is 16.6 Å². The van der Waals surface area contributed by atoms with E-state index in [0.29, 0.717) is 25.3 Å². The van der Waals surface area contributed by atoms with Crippen LogP contribution in [0.1, 0.15) is 13.3 Å². The Labute approximate surface area is 123 Å². The largest absolute Gasteiger partial charge is 0.393 e. The third-order valence-electron chi connectivity index (χ3n) is 3.56. The van der Waals surface area contributed by atoms with Gasteiger partial charge in [-0.3, -0.25) is 0 Å². The summed E-state index contributed by atoms with van der Waals surface area (Å²) >= 11 is 5.97. The van der Waals surface area contributed by atoms with Gasteiger partial charge in [-0.2, -0.15) is 4.31 Å². The first-order valence-electron chi connectivity index (χ1n) is 6.37. The molecule has 0 aliphatic carbocycles. The van der Waals surface area contributed by atoms with Crippen LogP contribution in [-0.2, 0) is 10.0 Å². The van der Waals surface area contributed by atoms with Crippen LogP contribution in [0.5, 0.6) is 0 Å². The minimum atomic E-state index is -3.61. The quantitative estimate of drug-likeness (QED) is 0.870. The molecule has 112 valence electrons. The number of hydrogen-bond acceptors (Lipinski definition) is 5. The molecular formula is C12H18ClN3O3S. The molecule has 0 radical (unpaired) electrons. The van der Waals surface area contributed by atoms with Crippen LogP contribution in [0.25, 0.3) is 0 Å². The first-order valence-corrected chi connectivity index (χ1v) is 8.19. The Morgan fingerprint density at radius 1 is 1.60 bits per heavy atom. The van der Waals surface area contributed by atoms with Crippen molar-refractivity contribution in [2.24, 2.45) is 5.92 Å². The zero-order chi connectivity index (χ0) is 14.9. The van der Waals surface area contributed by atoms with Crippen LogP contribution in [0.15, 0.2) is 17.2 Å². The van der Waals surface area contributed by atoms with Crippen molar-refractivity contribution in [3.63, 3.8) is 0 Å². The van der Waals surface area contributed by atoms with Crippen LogP contribution in [0.4, 0.5) is 5.82 Å². The van der Waals surface area contributed by atoms with E-state index in [0.717, 1.165) is 0 Å². The molecule has 1 aliphatic rings. The fourth-order valence-electron chi connectivity index (χ4n) is 2.26. The van der Waals surface area contributed by atoms with E-state index in [1.54, 1.807) is 14.0 Å². The van der Waals surface area contributed by atoms with Gasteiger partial charge in [-0.05, 0) is 25.3 Å². The van der Waals surface area contributed by atoms with Gasteiger partial charge in [0.05, 0.1) is 11.1 Å². The minimum Gasteiger partial charge on any atom is -0.393 e. The van der Waals surface area contributed by atoms with Gasteiger partial charge in [0, 0.05) is 26.3 Å². The number of anilines is 1. The van der Waals surface area contributed by atoms with E-state index < -0.39 is 16.1 Å². The Morgan fingerprint density at radius 3 is 2.80 bits per heavy atom. The number of aliphatic hydroxyl groups is 1. The van der Waals surface area contributed by atoms with E-state index in [9.17, 15) is 13.5 Å². The van der Waals surface area contributed by atoms with Crippen LogP contribution in [0.2, 0.25) is 5.02 Å². The normalized spacial score (nSPS) is 21.9. The highest BCUT2D eigenvalue weighted by Crippen LogP contribution is 2.28. The highest BCUT2D eigenvalue weighted by Gasteiger charge is 2.34. The number of rotatable bonds is 4. The molecule has 0 bridgehead atoms. The Kier molecular flexibility index (Phi) is 4.53. The van der Waals surface area contributed by atoms with Crippen molar-refractivity contribution in [3.05, 3.63) is 17.3 Å². The topological polar surface area (TPSA) is 82.5 Å². The maximum Gasteiger partial charge on any atom is 0.244 e. The third-order valence-corrected chi connectivity index (χ3v) is 5.68. The molecule has 0 spiro atoms. The number of aliphatic hydroxyl groups excluding tert-OH is 1. The highest BCUT2D eigenvalue weighted by molar-refractivity contribution is 7.89. The molecule has 8 heteroatoms. The molecule has 2 atom stereocenters. The monoisotopic (exact) mass is 319 g/mol. The first-order chi connectivity index (χ1) is 9.36. The molecule has 1 aromatic heterocycles. The second-order valence-electron chi connectivity index (χ2n) is 4.90. The van der Waals surface area contributed by atoms with Crippen molar-refractivity contribution < 1.29 is 13.5 Å². The molecule has 2 unspecified atom stereocenters. The van der Waals surface area contributed by atoms with E-state index in [4.69, 9.17) is 11.6 Å². The fraction of sp³-hybridized carbons (Fsp3) is 0.583. The van der Waals surface area contributed by atoms with Gasteiger partial charge in [0.15, 0.2) is 0 Å². The van der Waals surface area contributed by atoms with Crippen molar-refractivity contribution in [2.45, 2.75) is 24.3 Å². The molecule has 0 saturated carbocycles. The molecule has 6 nitrogen and oxygen atoms in total. The number of hydrogen-bond donors (Lipinski definition) is 2. The van der Waals surface area contributed by atoms with Crippen LogP contribution in [0.3, 0.4) is 0 Å². The summed E-state index contributed by atoms with van der Waals surface area (Å²) in [5, 5.41) is 12.6. The van der Waals surface area contributed by atoms with Crippen LogP contribution < -0.4 is 5.32 Å². The molecule has 2 heterocycles. The third kappa shape index (κ3) is 2.90. The Bertz CT molecular complexity index is 592. The summed E-state index contributed by atoms with van der Waals surface area (Å²) in [7, 11) is -1.94. The maximum atomic E-state index is 12.5. The van der Waals surface area contributed by atoms with Crippen molar-refractivity contribution in [1.82, 2.24) is 9.29 Å². The summed E-state index contributed by atoms with van der Waals surface area (Å²) < 4.78 is 26.3. The van der Waals surface area contributed by atoms with E-state index in [1.807, 2.05) is 0 Å². The van der Waals surface area contributed by atoms with Crippen molar-refractivity contribution in [1.29, 1.82) is 0 Å². The van der Waals surface area contributed by atoms with Gasteiger partial charge >= 0.3 is 0 Å². The second kappa shape index (κ2) is 5.85. The number of aromatic nitrogens is 1. The van der Waals surface area contributed by atoms with E-state index in [2.05, 4.69) is 10.3 Å². The predicted molar refractivity (Wildman–Crippen MR) is 77.3 cm³/mol. The molecule has 1 fully saturated rings. The zero-order valence-electron chi connectivity index (χ0n) is 11.4. The predicted octanol–water partition coefficient (Wildman–Crippen LogP) is 1.17. The lowest BCUT2D eigenvalue weighted by Crippen LogP contribution is -2.30. The second-order valence-corrected chi connectivity index (χ2v) is 7.25. The average molecular weight is 320 g/mol. The summed E-state index contributed by atoms with van der Waals surface area (Å²) in [5.74, 6) is 0.415. The number of nitrogens with zero attached hydrogens (tertiary/aromatic N) is 2. The van der Waals surface area contributed by atoms with Gasteiger partial charge in [0.1, 0.15) is 10.7 Å². The Balaban J connectivity index is 2.25. The van der Waals surface area contributed by atoms with Gasteiger partial charge < -0.3 is 10.4 Å². The molecule has 1 saturated heterocycles. The molecule has 2 rings (SSSR count). The highest BCUT2D eigenvalue weighted by atomic mass is 35.5. The standard InChI is InChI=1S/C12H18ClN3O3S/c1-8(17)9-3-4-16(7-9)20(18,19)10-5-11(13)12(14-2)15-6-10/h5-6,8-9,17H,3-4,7H2,1-2H3,(H,14,15). The van der Waals surface area contributed by atoms with Crippen molar-refractivity contribution in [2.75, 3.05) is 25.5 Å². The lowest BCUT2D eigenvalue weighted by molar-refractivity contribution is 0.133. The van der Waals surface area contributed by atoms with Gasteiger partial charge in [-0.15, -0.1) is 0 Å². The maximum absolute atomic E-state index is 12.5. The van der Waals surface area contributed by atoms with Gasteiger partial charge in [0.25, 0.3) is 0 Å². The number of pyridine rings is 1. The molecule has 0 aromatic carbocycles. The zero-order valence-corrected chi connectivity index (χ0v) is 12.9. The van der Waals surface area contributed by atoms with Crippen molar-refractivity contribution >= 4 is 27.4 Å². The molecule has 0 amide bonds. The molecule has 20 heavy (non-hydrogen) atoms. The minimum absolute atomic E-state index is 0.0233. The van der Waals surface area contributed by atoms with Gasteiger partial charge in [-0.1, -0.05) is 11.6 Å². The number of halogens is 1.